The number of amides is 1. The number of β-amino-alcohol motifs (C(OH)–C–C–N with tert-alkyl or cyclic N) is 1. The molecule has 1 heterocycles. The van der Waals surface area contributed by atoms with Crippen LogP contribution in [0.3, 0.4) is 0 Å². The van der Waals surface area contributed by atoms with Gasteiger partial charge in [-0.15, -0.1) is 0 Å². The van der Waals surface area contributed by atoms with Gasteiger partial charge in [0, 0.05) is 37.4 Å². The Morgan fingerprint density at radius 1 is 1.21 bits per heavy atom. The molecule has 1 aliphatic rings. The summed E-state index contributed by atoms with van der Waals surface area (Å²) in [5.74, 6) is -0.103. The quantitative estimate of drug-likeness (QED) is 0.535. The van der Waals surface area contributed by atoms with Gasteiger partial charge in [-0.1, -0.05) is 12.1 Å². The predicted octanol–water partition coefficient (Wildman–Crippen LogP) is 2.43. The predicted molar refractivity (Wildman–Crippen MR) is 114 cm³/mol. The van der Waals surface area contributed by atoms with Gasteiger partial charge < -0.3 is 30.5 Å². The van der Waals surface area contributed by atoms with Gasteiger partial charge in [-0.05, 0) is 50.1 Å². The lowest BCUT2D eigenvalue weighted by molar-refractivity contribution is -0.118. The minimum Gasteiger partial charge on any atom is -0.506 e. The molecule has 7 nitrogen and oxygen atoms in total. The summed E-state index contributed by atoms with van der Waals surface area (Å²) in [6.45, 7) is 4.33. The fourth-order valence-corrected chi connectivity index (χ4v) is 3.41. The maximum Gasteiger partial charge on any atom is 0.262 e. The minimum absolute atomic E-state index is 0.0848. The molecule has 2 aromatic carbocycles. The van der Waals surface area contributed by atoms with Crippen molar-refractivity contribution in [1.29, 1.82) is 0 Å². The first-order chi connectivity index (χ1) is 13.7. The molecule has 0 aliphatic carbocycles. The number of hydrogen-bond donors (Lipinski definition) is 4. The normalized spacial score (nSPS) is 14.6. The van der Waals surface area contributed by atoms with Crippen LogP contribution in [0.5, 0.6) is 11.5 Å². The average molecular weight is 399 g/mol. The van der Waals surface area contributed by atoms with Crippen molar-refractivity contribution >= 4 is 17.3 Å². The second-order valence-electron chi connectivity index (χ2n) is 8.23. The van der Waals surface area contributed by atoms with Crippen LogP contribution < -0.4 is 20.3 Å². The molecule has 7 heteroatoms. The Hall–Kier alpha value is -2.77. The highest BCUT2D eigenvalue weighted by atomic mass is 16.5. The number of nitrogens with one attached hydrogen (secondary N) is 2. The molecule has 0 saturated heterocycles. The van der Waals surface area contributed by atoms with Crippen LogP contribution >= 0.6 is 0 Å². The number of benzene rings is 2. The Morgan fingerprint density at radius 2 is 1.90 bits per heavy atom. The molecule has 0 radical (unpaired) electrons. The van der Waals surface area contributed by atoms with Crippen molar-refractivity contribution in [3.8, 4) is 11.5 Å². The van der Waals surface area contributed by atoms with Crippen molar-refractivity contribution in [2.75, 3.05) is 37.5 Å². The number of phenolic OH excluding ortho intramolecular Hbond substituents is 1. The van der Waals surface area contributed by atoms with E-state index < -0.39 is 6.10 Å². The number of aliphatic hydroxyl groups excluding tert-OH is 1. The Bertz CT molecular complexity index is 878. The maximum atomic E-state index is 11.5. The summed E-state index contributed by atoms with van der Waals surface area (Å²) in [7, 11) is 4.03. The van der Waals surface area contributed by atoms with Gasteiger partial charge in [0.1, 0.15) is 11.4 Å². The lowest BCUT2D eigenvalue weighted by Crippen LogP contribution is -2.43. The number of rotatable bonds is 7. The van der Waals surface area contributed by atoms with Crippen molar-refractivity contribution < 1.29 is 19.7 Å². The van der Waals surface area contributed by atoms with Crippen LogP contribution in [-0.2, 0) is 11.2 Å². The van der Waals surface area contributed by atoms with Crippen molar-refractivity contribution in [2.45, 2.75) is 31.9 Å². The van der Waals surface area contributed by atoms with Crippen LogP contribution in [0, 0.1) is 0 Å². The van der Waals surface area contributed by atoms with Gasteiger partial charge in [0.15, 0.2) is 12.4 Å². The highest BCUT2D eigenvalue weighted by Crippen LogP contribution is 2.41. The van der Waals surface area contributed by atoms with E-state index in [0.29, 0.717) is 17.9 Å². The first kappa shape index (κ1) is 21.0. The number of carbonyl (C=O) groups is 1. The highest BCUT2D eigenvalue weighted by Gasteiger charge is 2.27. The molecule has 0 fully saturated rings. The van der Waals surface area contributed by atoms with Crippen molar-refractivity contribution in [1.82, 2.24) is 5.32 Å². The molecule has 1 amide bonds. The van der Waals surface area contributed by atoms with Crippen LogP contribution in [0.1, 0.15) is 31.1 Å². The van der Waals surface area contributed by atoms with E-state index in [4.69, 9.17) is 4.74 Å². The lowest BCUT2D eigenvalue weighted by atomic mass is 9.94. The Morgan fingerprint density at radius 3 is 2.55 bits per heavy atom. The standard InChI is InChI=1S/C22H29N3O4/c1-22(2,11-14-5-7-15(8-6-14)25(3)4)23-12-18(27)16-9-10-17(26)20-21(16)29-13-19(28)24-20/h5-10,18,23,26-27H,11-13H2,1-4H3,(H,24,28). The van der Waals surface area contributed by atoms with E-state index in [1.54, 1.807) is 6.07 Å². The summed E-state index contributed by atoms with van der Waals surface area (Å²) in [4.78, 5) is 13.6. The van der Waals surface area contributed by atoms with Crippen molar-refractivity contribution in [2.24, 2.45) is 0 Å². The fraction of sp³-hybridized carbons (Fsp3) is 0.409. The van der Waals surface area contributed by atoms with Gasteiger partial charge in [0.2, 0.25) is 0 Å². The number of fused-ring (bicyclic) bond motifs is 1. The zero-order valence-electron chi connectivity index (χ0n) is 17.3. The number of anilines is 2. The number of nitrogens with zero attached hydrogens (tertiary/aromatic N) is 1. The fourth-order valence-electron chi connectivity index (χ4n) is 3.41. The van der Waals surface area contributed by atoms with Gasteiger partial charge in [0.25, 0.3) is 5.91 Å². The molecule has 156 valence electrons. The SMILES string of the molecule is CN(C)c1ccc(CC(C)(C)NCC(O)c2ccc(O)c3c2OCC(=O)N3)cc1. The van der Waals surface area contributed by atoms with Gasteiger partial charge in [-0.25, -0.2) is 0 Å². The molecular weight excluding hydrogens is 370 g/mol. The second kappa shape index (κ2) is 8.31. The number of aliphatic hydroxyl groups is 1. The topological polar surface area (TPSA) is 94.1 Å². The van der Waals surface area contributed by atoms with E-state index in [0.717, 1.165) is 12.1 Å². The summed E-state index contributed by atoms with van der Waals surface area (Å²) in [6, 6.07) is 11.5. The summed E-state index contributed by atoms with van der Waals surface area (Å²) >= 11 is 0. The molecule has 1 unspecified atom stereocenters. The van der Waals surface area contributed by atoms with Crippen molar-refractivity contribution in [3.05, 3.63) is 47.5 Å². The average Bonchev–Trinajstić information content (AvgIpc) is 2.67. The Kier molecular flexibility index (Phi) is 6.00. The first-order valence-corrected chi connectivity index (χ1v) is 9.64. The molecular formula is C22H29N3O4. The molecule has 0 spiro atoms. The van der Waals surface area contributed by atoms with Crippen LogP contribution in [0.2, 0.25) is 0 Å². The number of carbonyl (C=O) groups excluding carboxylic acids is 1. The van der Waals surface area contributed by atoms with Crippen LogP contribution in [0.4, 0.5) is 11.4 Å². The molecule has 0 bridgehead atoms. The third-order valence-electron chi connectivity index (χ3n) is 5.01. The molecule has 1 aliphatic heterocycles. The monoisotopic (exact) mass is 399 g/mol. The Balaban J connectivity index is 1.66. The summed E-state index contributed by atoms with van der Waals surface area (Å²) < 4.78 is 5.46. The summed E-state index contributed by atoms with van der Waals surface area (Å²) in [6.07, 6.45) is -0.0528. The third kappa shape index (κ3) is 4.99. The molecule has 1 atom stereocenters. The Labute approximate surface area is 171 Å². The zero-order chi connectivity index (χ0) is 21.2. The van der Waals surface area contributed by atoms with E-state index in [2.05, 4.69) is 53.6 Å². The molecule has 0 saturated carbocycles. The molecule has 4 N–H and O–H groups in total. The smallest absolute Gasteiger partial charge is 0.262 e. The summed E-state index contributed by atoms with van der Waals surface area (Å²) in [5.41, 5.74) is 2.84. The van der Waals surface area contributed by atoms with Crippen LogP contribution in [0.15, 0.2) is 36.4 Å². The molecule has 2 aromatic rings. The van der Waals surface area contributed by atoms with Gasteiger partial charge in [0.05, 0.1) is 6.10 Å². The molecule has 0 aromatic heterocycles. The zero-order valence-corrected chi connectivity index (χ0v) is 17.3. The van der Waals surface area contributed by atoms with Crippen LogP contribution in [-0.4, -0.2) is 48.9 Å². The summed E-state index contributed by atoms with van der Waals surface area (Å²) in [5, 5.41) is 26.7. The van der Waals surface area contributed by atoms with E-state index in [9.17, 15) is 15.0 Å². The number of ether oxygens (including phenoxy) is 1. The van der Waals surface area contributed by atoms with E-state index in [1.807, 2.05) is 14.1 Å². The van der Waals surface area contributed by atoms with Crippen molar-refractivity contribution in [3.63, 3.8) is 0 Å². The maximum absolute atomic E-state index is 11.5. The van der Waals surface area contributed by atoms with Gasteiger partial charge >= 0.3 is 0 Å². The van der Waals surface area contributed by atoms with Gasteiger partial charge in [-0.2, -0.15) is 0 Å². The van der Waals surface area contributed by atoms with Gasteiger partial charge in [-0.3, -0.25) is 4.79 Å². The van der Waals surface area contributed by atoms with E-state index in [-0.39, 0.29) is 29.5 Å². The molecule has 29 heavy (non-hydrogen) atoms. The minimum atomic E-state index is -0.852. The number of aromatic hydroxyl groups is 1. The lowest BCUT2D eigenvalue weighted by Gasteiger charge is -2.29. The third-order valence-corrected chi connectivity index (χ3v) is 5.01. The van der Waals surface area contributed by atoms with E-state index in [1.165, 1.54) is 11.6 Å². The highest BCUT2D eigenvalue weighted by molar-refractivity contribution is 5.97. The number of hydrogen-bond acceptors (Lipinski definition) is 6. The first-order valence-electron chi connectivity index (χ1n) is 9.64. The van der Waals surface area contributed by atoms with Crippen LogP contribution in [0.25, 0.3) is 0 Å². The number of phenols is 1. The largest absolute Gasteiger partial charge is 0.506 e. The van der Waals surface area contributed by atoms with E-state index >= 15 is 0 Å². The molecule has 3 rings (SSSR count). The second-order valence-corrected chi connectivity index (χ2v) is 8.23.